The molecule has 0 aliphatic heterocycles. The molecule has 0 aromatic rings. The van der Waals surface area contributed by atoms with E-state index in [1.807, 2.05) is 0 Å². The fourth-order valence-electron chi connectivity index (χ4n) is 0.243. The first-order chi connectivity index (χ1) is 3.77. The van der Waals surface area contributed by atoms with Crippen molar-refractivity contribution >= 4 is 18.6 Å². The third-order valence-corrected chi connectivity index (χ3v) is 0.574. The van der Waals surface area contributed by atoms with Crippen LogP contribution in [0.15, 0.2) is 0 Å². The second kappa shape index (κ2) is 7.52. The lowest BCUT2D eigenvalue weighted by Gasteiger charge is -1.94. The molecule has 0 saturated heterocycles. The van der Waals surface area contributed by atoms with Gasteiger partial charge in [-0.3, -0.25) is 0 Å². The van der Waals surface area contributed by atoms with Crippen molar-refractivity contribution in [1.29, 1.82) is 0 Å². The molecule has 0 spiro atoms. The minimum Gasteiger partial charge on any atom is -0.450 e. The summed E-state index contributed by atoms with van der Waals surface area (Å²) in [7, 11) is 0. The number of nitrogens with two attached hydrogens (primary N) is 1. The molecule has 0 rings (SSSR count). The summed E-state index contributed by atoms with van der Waals surface area (Å²) < 4.78 is 4.12. The number of ether oxygens (including phenoxy) is 1. The Bertz CT molecular complexity index is 78.2. The molecule has 0 heterocycles. The summed E-state index contributed by atoms with van der Waals surface area (Å²) in [6.45, 7) is 0.666. The highest BCUT2D eigenvalue weighted by Crippen LogP contribution is 1.78. The van der Waals surface area contributed by atoms with Crippen molar-refractivity contribution in [3.63, 3.8) is 0 Å². The van der Waals surface area contributed by atoms with Crippen LogP contribution < -0.4 is 5.73 Å². The summed E-state index contributed by atoms with van der Waals surface area (Å²) in [5, 5.41) is 7.88. The lowest BCUT2D eigenvalue weighted by atomic mass is 10.5. The van der Waals surface area contributed by atoms with Crippen molar-refractivity contribution in [2.45, 2.75) is 6.42 Å². The summed E-state index contributed by atoms with van der Waals surface area (Å²) >= 11 is 0. The minimum absolute atomic E-state index is 0. The van der Waals surface area contributed by atoms with E-state index < -0.39 is 6.16 Å². The summed E-state index contributed by atoms with van der Waals surface area (Å²) in [5.41, 5.74) is 5.04. The van der Waals surface area contributed by atoms with Crippen LogP contribution in [0.25, 0.3) is 0 Å². The molecule has 0 fully saturated rings. The maximum atomic E-state index is 9.61. The maximum absolute atomic E-state index is 9.61. The summed E-state index contributed by atoms with van der Waals surface area (Å²) in [6, 6.07) is 0. The molecule has 0 aliphatic rings. The van der Waals surface area contributed by atoms with Gasteiger partial charge in [0.05, 0.1) is 6.61 Å². The van der Waals surface area contributed by atoms with Crippen LogP contribution in [0.2, 0.25) is 0 Å². The van der Waals surface area contributed by atoms with E-state index in [2.05, 4.69) is 4.74 Å². The molecule has 56 valence electrons. The predicted molar refractivity (Wildman–Crippen MR) is 34.9 cm³/mol. The molecule has 0 atom stereocenters. The van der Waals surface area contributed by atoms with Gasteiger partial charge in [0.15, 0.2) is 0 Å². The fourth-order valence-corrected chi connectivity index (χ4v) is 0.243. The van der Waals surface area contributed by atoms with Gasteiger partial charge in [0.2, 0.25) is 0 Å². The van der Waals surface area contributed by atoms with Crippen LogP contribution in [-0.4, -0.2) is 24.4 Å². The standard InChI is InChI=1S/C4H9NO3.ClH/c5-2-1-3-8-4(6)7;/h1-3,5H2,(H,6,7);1H. The lowest BCUT2D eigenvalue weighted by Crippen LogP contribution is -2.07. The minimum atomic E-state index is -1.24. The largest absolute Gasteiger partial charge is 0.505 e. The second-order valence-corrected chi connectivity index (χ2v) is 1.26. The third kappa shape index (κ3) is 11.2. The molecule has 9 heavy (non-hydrogen) atoms. The van der Waals surface area contributed by atoms with Gasteiger partial charge < -0.3 is 15.6 Å². The zero-order chi connectivity index (χ0) is 6.41. The smallest absolute Gasteiger partial charge is 0.450 e. The van der Waals surface area contributed by atoms with Gasteiger partial charge in [-0.25, -0.2) is 4.79 Å². The molecule has 5 heteroatoms. The normalized spacial score (nSPS) is 7.67. The molecule has 0 amide bonds. The number of carbonyl (C=O) groups is 1. The average Bonchev–Trinajstić information content (AvgIpc) is 1.66. The number of halogens is 1. The van der Waals surface area contributed by atoms with Crippen molar-refractivity contribution < 1.29 is 14.6 Å². The van der Waals surface area contributed by atoms with Crippen LogP contribution in [0, 0.1) is 0 Å². The highest BCUT2D eigenvalue weighted by molar-refractivity contribution is 5.85. The van der Waals surface area contributed by atoms with E-state index in [9.17, 15) is 4.79 Å². The van der Waals surface area contributed by atoms with E-state index in [4.69, 9.17) is 10.8 Å². The van der Waals surface area contributed by atoms with Crippen molar-refractivity contribution in [3.05, 3.63) is 0 Å². The van der Waals surface area contributed by atoms with Crippen LogP contribution >= 0.6 is 12.4 Å². The molecule has 4 nitrogen and oxygen atoms in total. The zero-order valence-electron chi connectivity index (χ0n) is 4.87. The first-order valence-electron chi connectivity index (χ1n) is 2.33. The van der Waals surface area contributed by atoms with E-state index in [1.165, 1.54) is 0 Å². The molecular formula is C4H10ClNO3. The SMILES string of the molecule is Cl.NCCCOC(=O)O. The summed E-state index contributed by atoms with van der Waals surface area (Å²) in [5.74, 6) is 0. The number of carboxylic acid groups (broad SMARTS) is 1. The quantitative estimate of drug-likeness (QED) is 0.459. The highest BCUT2D eigenvalue weighted by atomic mass is 35.5. The van der Waals surface area contributed by atoms with Crippen LogP contribution in [0.3, 0.4) is 0 Å². The van der Waals surface area contributed by atoms with Gasteiger partial charge in [-0.2, -0.15) is 0 Å². The molecular weight excluding hydrogens is 146 g/mol. The predicted octanol–water partition coefficient (Wildman–Crippen LogP) is 0.452. The fraction of sp³-hybridized carbons (Fsp3) is 0.750. The van der Waals surface area contributed by atoms with Crippen molar-refractivity contribution in [2.24, 2.45) is 5.73 Å². The Kier molecular flexibility index (Phi) is 9.47. The highest BCUT2D eigenvalue weighted by Gasteiger charge is 1.91. The van der Waals surface area contributed by atoms with E-state index in [0.29, 0.717) is 13.0 Å². The topological polar surface area (TPSA) is 72.5 Å². The first-order valence-corrected chi connectivity index (χ1v) is 2.33. The van der Waals surface area contributed by atoms with E-state index >= 15 is 0 Å². The molecule has 0 aromatic carbocycles. The lowest BCUT2D eigenvalue weighted by molar-refractivity contribution is 0.0912. The van der Waals surface area contributed by atoms with E-state index in [-0.39, 0.29) is 19.0 Å². The van der Waals surface area contributed by atoms with Crippen molar-refractivity contribution in [2.75, 3.05) is 13.2 Å². The monoisotopic (exact) mass is 155 g/mol. The third-order valence-electron chi connectivity index (χ3n) is 0.574. The van der Waals surface area contributed by atoms with Crippen LogP contribution in [0.5, 0.6) is 0 Å². The Morgan fingerprint density at radius 3 is 2.56 bits per heavy atom. The van der Waals surface area contributed by atoms with Gasteiger partial charge in [0.25, 0.3) is 0 Å². The van der Waals surface area contributed by atoms with E-state index in [0.717, 1.165) is 0 Å². The van der Waals surface area contributed by atoms with Crippen molar-refractivity contribution in [1.82, 2.24) is 0 Å². The van der Waals surface area contributed by atoms with Crippen LogP contribution in [0.1, 0.15) is 6.42 Å². The first kappa shape index (κ1) is 11.3. The molecule has 0 aliphatic carbocycles. The van der Waals surface area contributed by atoms with Gasteiger partial charge >= 0.3 is 6.16 Å². The van der Waals surface area contributed by atoms with Gasteiger partial charge in [0.1, 0.15) is 0 Å². The van der Waals surface area contributed by atoms with Crippen LogP contribution in [0.4, 0.5) is 4.79 Å². The van der Waals surface area contributed by atoms with Gasteiger partial charge in [0, 0.05) is 0 Å². The molecule has 3 N–H and O–H groups in total. The average molecular weight is 156 g/mol. The number of rotatable bonds is 3. The Morgan fingerprint density at radius 2 is 2.22 bits per heavy atom. The molecule has 0 saturated carbocycles. The Morgan fingerprint density at radius 1 is 1.67 bits per heavy atom. The zero-order valence-corrected chi connectivity index (χ0v) is 5.69. The Hall–Kier alpha value is -0.480. The van der Waals surface area contributed by atoms with E-state index in [1.54, 1.807) is 0 Å². The van der Waals surface area contributed by atoms with Gasteiger partial charge in [-0.1, -0.05) is 0 Å². The molecule has 0 radical (unpaired) electrons. The van der Waals surface area contributed by atoms with Crippen LogP contribution in [-0.2, 0) is 4.74 Å². The van der Waals surface area contributed by atoms with Gasteiger partial charge in [-0.15, -0.1) is 12.4 Å². The summed E-state index contributed by atoms with van der Waals surface area (Å²) in [4.78, 5) is 9.61. The number of hydrogen-bond donors (Lipinski definition) is 2. The molecule has 0 aromatic heterocycles. The molecule has 0 bridgehead atoms. The van der Waals surface area contributed by atoms with Crippen molar-refractivity contribution in [3.8, 4) is 0 Å². The van der Waals surface area contributed by atoms with Gasteiger partial charge in [-0.05, 0) is 13.0 Å². The Labute approximate surface area is 59.4 Å². The maximum Gasteiger partial charge on any atom is 0.505 e. The second-order valence-electron chi connectivity index (χ2n) is 1.26. The Balaban J connectivity index is 0. The summed E-state index contributed by atoms with van der Waals surface area (Å²) in [6.07, 6.45) is -0.648. The number of hydrogen-bond acceptors (Lipinski definition) is 3. The molecule has 0 unspecified atom stereocenters.